The summed E-state index contributed by atoms with van der Waals surface area (Å²) in [5, 5.41) is 4.28. The Morgan fingerprint density at radius 2 is 2.06 bits per heavy atom. The Kier molecular flexibility index (Phi) is 5.58. The first-order valence-electron chi connectivity index (χ1n) is 11.3. The summed E-state index contributed by atoms with van der Waals surface area (Å²) in [5.74, 6) is -0.181. The van der Waals surface area contributed by atoms with Crippen molar-refractivity contribution in [1.29, 1.82) is 0 Å². The molecule has 1 aliphatic heterocycles. The second kappa shape index (κ2) is 8.69. The Labute approximate surface area is 191 Å². The van der Waals surface area contributed by atoms with Crippen LogP contribution in [-0.4, -0.2) is 43.2 Å². The van der Waals surface area contributed by atoms with Crippen LogP contribution in [0.15, 0.2) is 58.0 Å². The highest BCUT2D eigenvalue weighted by atomic mass is 16.4. The first-order chi connectivity index (χ1) is 16.0. The minimum absolute atomic E-state index is 0.0528. The van der Waals surface area contributed by atoms with Gasteiger partial charge in [-0.15, -0.1) is 0 Å². The maximum absolute atomic E-state index is 13.0. The van der Waals surface area contributed by atoms with Crippen molar-refractivity contribution < 1.29 is 9.21 Å². The SMILES string of the molecule is Cc1cc(-c2cnn(C)c2)cc([C@@H]2CCCN(C(=O)CCn3c(=O)oc4ccccc43)C2)n1. The van der Waals surface area contributed by atoms with E-state index in [2.05, 4.69) is 17.2 Å². The molecule has 8 nitrogen and oxygen atoms in total. The van der Waals surface area contributed by atoms with Crippen LogP contribution in [0.1, 0.15) is 36.6 Å². The van der Waals surface area contributed by atoms with Crippen LogP contribution < -0.4 is 5.76 Å². The number of carbonyl (C=O) groups is 1. The lowest BCUT2D eigenvalue weighted by Crippen LogP contribution is -2.39. The highest BCUT2D eigenvalue weighted by Crippen LogP contribution is 2.30. The van der Waals surface area contributed by atoms with Gasteiger partial charge >= 0.3 is 5.76 Å². The highest BCUT2D eigenvalue weighted by molar-refractivity contribution is 5.77. The molecule has 1 aromatic carbocycles. The number of fused-ring (bicyclic) bond motifs is 1. The summed E-state index contributed by atoms with van der Waals surface area (Å²) in [6, 6.07) is 11.5. The monoisotopic (exact) mass is 445 g/mol. The summed E-state index contributed by atoms with van der Waals surface area (Å²) in [5.41, 5.74) is 5.40. The van der Waals surface area contributed by atoms with Crippen molar-refractivity contribution in [2.24, 2.45) is 7.05 Å². The van der Waals surface area contributed by atoms with E-state index < -0.39 is 5.76 Å². The number of aryl methyl sites for hydroxylation is 3. The zero-order valence-electron chi connectivity index (χ0n) is 18.9. The smallest absolute Gasteiger partial charge is 0.408 e. The van der Waals surface area contributed by atoms with Crippen molar-refractivity contribution in [3.63, 3.8) is 0 Å². The number of nitrogens with zero attached hydrogens (tertiary/aromatic N) is 5. The molecule has 5 rings (SSSR count). The van der Waals surface area contributed by atoms with Gasteiger partial charge in [-0.1, -0.05) is 12.1 Å². The number of pyridine rings is 1. The number of para-hydroxylation sites is 2. The van der Waals surface area contributed by atoms with E-state index in [4.69, 9.17) is 9.40 Å². The fraction of sp³-hybridized carbons (Fsp3) is 0.360. The predicted octanol–water partition coefficient (Wildman–Crippen LogP) is 3.49. The number of carbonyl (C=O) groups excluding carboxylic acids is 1. The fourth-order valence-electron chi connectivity index (χ4n) is 4.68. The normalized spacial score (nSPS) is 16.4. The van der Waals surface area contributed by atoms with Gasteiger partial charge < -0.3 is 9.32 Å². The highest BCUT2D eigenvalue weighted by Gasteiger charge is 2.26. The topological polar surface area (TPSA) is 86.2 Å². The number of piperidine rings is 1. The Balaban J connectivity index is 1.30. The molecule has 0 aliphatic carbocycles. The molecule has 0 bridgehead atoms. The summed E-state index contributed by atoms with van der Waals surface area (Å²) in [6.45, 7) is 3.69. The molecule has 0 N–H and O–H groups in total. The molecular formula is C25H27N5O3. The third-order valence-electron chi connectivity index (χ3n) is 6.33. The lowest BCUT2D eigenvalue weighted by molar-refractivity contribution is -0.132. The summed E-state index contributed by atoms with van der Waals surface area (Å²) in [7, 11) is 1.91. The van der Waals surface area contributed by atoms with Gasteiger partial charge in [0, 0.05) is 62.2 Å². The molecule has 1 saturated heterocycles. The van der Waals surface area contributed by atoms with E-state index in [0.29, 0.717) is 18.7 Å². The molecule has 4 aromatic rings. The van der Waals surface area contributed by atoms with Crippen molar-refractivity contribution >= 4 is 17.0 Å². The second-order valence-electron chi connectivity index (χ2n) is 8.74. The van der Waals surface area contributed by atoms with Gasteiger partial charge in [-0.3, -0.25) is 19.0 Å². The quantitative estimate of drug-likeness (QED) is 0.469. The van der Waals surface area contributed by atoms with Crippen LogP contribution in [0.3, 0.4) is 0 Å². The van der Waals surface area contributed by atoms with Gasteiger partial charge in [0.2, 0.25) is 5.91 Å². The molecule has 1 amide bonds. The van der Waals surface area contributed by atoms with Crippen LogP contribution in [-0.2, 0) is 18.4 Å². The van der Waals surface area contributed by atoms with Gasteiger partial charge in [0.15, 0.2) is 5.58 Å². The number of amides is 1. The van der Waals surface area contributed by atoms with Crippen molar-refractivity contribution in [3.8, 4) is 11.1 Å². The standard InChI is InChI=1S/C25H27N5O3/c1-17-12-19(20-14-26-28(2)15-20)13-21(27-17)18-6-5-10-29(16-18)24(31)9-11-30-22-7-3-4-8-23(22)33-25(30)32/h3-4,7-8,12-15,18H,5-6,9-11,16H2,1-2H3/t18-/m1/s1. The summed E-state index contributed by atoms with van der Waals surface area (Å²) < 4.78 is 8.61. The van der Waals surface area contributed by atoms with Gasteiger partial charge in [0.1, 0.15) is 0 Å². The lowest BCUT2D eigenvalue weighted by atomic mass is 9.92. The molecule has 4 heterocycles. The van der Waals surface area contributed by atoms with Gasteiger partial charge in [-0.05, 0) is 49.6 Å². The molecule has 1 aliphatic rings. The molecule has 3 aromatic heterocycles. The van der Waals surface area contributed by atoms with E-state index >= 15 is 0 Å². The fourth-order valence-corrected chi connectivity index (χ4v) is 4.68. The molecule has 0 saturated carbocycles. The maximum Gasteiger partial charge on any atom is 0.419 e. The predicted molar refractivity (Wildman–Crippen MR) is 125 cm³/mol. The number of aromatic nitrogens is 4. The molecule has 8 heteroatoms. The number of likely N-dealkylation sites (tertiary alicyclic amines) is 1. The van der Waals surface area contributed by atoms with E-state index in [1.807, 2.05) is 49.5 Å². The van der Waals surface area contributed by atoms with Crippen molar-refractivity contribution in [1.82, 2.24) is 24.2 Å². The van der Waals surface area contributed by atoms with Crippen LogP contribution in [0.2, 0.25) is 0 Å². The Morgan fingerprint density at radius 3 is 2.88 bits per heavy atom. The number of benzene rings is 1. The van der Waals surface area contributed by atoms with Gasteiger partial charge in [0.05, 0.1) is 11.7 Å². The molecule has 33 heavy (non-hydrogen) atoms. The molecular weight excluding hydrogens is 418 g/mol. The van der Waals surface area contributed by atoms with Crippen LogP contribution in [0.25, 0.3) is 22.2 Å². The zero-order chi connectivity index (χ0) is 22.9. The number of rotatable bonds is 5. The molecule has 1 atom stereocenters. The third kappa shape index (κ3) is 4.33. The van der Waals surface area contributed by atoms with Crippen molar-refractivity contribution in [2.75, 3.05) is 13.1 Å². The van der Waals surface area contributed by atoms with Crippen LogP contribution in [0.5, 0.6) is 0 Å². The zero-order valence-corrected chi connectivity index (χ0v) is 18.9. The number of hydrogen-bond donors (Lipinski definition) is 0. The van der Waals surface area contributed by atoms with E-state index in [-0.39, 0.29) is 18.2 Å². The Hall–Kier alpha value is -3.68. The van der Waals surface area contributed by atoms with Crippen molar-refractivity contribution in [2.45, 2.75) is 38.6 Å². The minimum atomic E-state index is -0.424. The van der Waals surface area contributed by atoms with Gasteiger partial charge in [-0.2, -0.15) is 5.10 Å². The van der Waals surface area contributed by atoms with E-state index in [1.165, 1.54) is 4.57 Å². The number of oxazole rings is 1. The van der Waals surface area contributed by atoms with E-state index in [9.17, 15) is 9.59 Å². The second-order valence-corrected chi connectivity index (χ2v) is 8.74. The van der Waals surface area contributed by atoms with Gasteiger partial charge in [-0.25, -0.2) is 4.79 Å². The van der Waals surface area contributed by atoms with Crippen LogP contribution in [0, 0.1) is 6.92 Å². The van der Waals surface area contributed by atoms with Gasteiger partial charge in [0.25, 0.3) is 0 Å². The van der Waals surface area contributed by atoms with Crippen LogP contribution >= 0.6 is 0 Å². The Morgan fingerprint density at radius 1 is 1.21 bits per heavy atom. The summed E-state index contributed by atoms with van der Waals surface area (Å²) in [4.78, 5) is 31.9. The third-order valence-corrected chi connectivity index (χ3v) is 6.33. The Bertz CT molecular complexity index is 1370. The average molecular weight is 446 g/mol. The molecule has 0 radical (unpaired) electrons. The summed E-state index contributed by atoms with van der Waals surface area (Å²) >= 11 is 0. The van der Waals surface area contributed by atoms with Crippen molar-refractivity contribution in [3.05, 3.63) is 70.7 Å². The largest absolute Gasteiger partial charge is 0.419 e. The molecule has 1 fully saturated rings. The maximum atomic E-state index is 13.0. The first kappa shape index (κ1) is 21.2. The molecule has 0 spiro atoms. The first-order valence-corrected chi connectivity index (χ1v) is 11.3. The minimum Gasteiger partial charge on any atom is -0.408 e. The number of hydrogen-bond acceptors (Lipinski definition) is 5. The van der Waals surface area contributed by atoms with E-state index in [0.717, 1.165) is 47.4 Å². The summed E-state index contributed by atoms with van der Waals surface area (Å²) in [6.07, 6.45) is 6.05. The lowest BCUT2D eigenvalue weighted by Gasteiger charge is -2.33. The molecule has 170 valence electrons. The molecule has 0 unspecified atom stereocenters. The van der Waals surface area contributed by atoms with E-state index in [1.54, 1.807) is 10.7 Å². The average Bonchev–Trinajstić information content (AvgIpc) is 3.39. The van der Waals surface area contributed by atoms with Crippen LogP contribution in [0.4, 0.5) is 0 Å².